The first-order valence-electron chi connectivity index (χ1n) is 10.5. The van der Waals surface area contributed by atoms with Crippen molar-refractivity contribution in [3.05, 3.63) is 83.6 Å². The Morgan fingerprint density at radius 2 is 1.70 bits per heavy atom. The topological polar surface area (TPSA) is 44.3 Å². The van der Waals surface area contributed by atoms with Gasteiger partial charge in [0.05, 0.1) is 0 Å². The third-order valence-electron chi connectivity index (χ3n) is 5.26. The Hall–Kier alpha value is -3.18. The maximum atomic E-state index is 4.78. The summed E-state index contributed by atoms with van der Waals surface area (Å²) in [5.74, 6) is 1.65. The zero-order valence-corrected chi connectivity index (χ0v) is 17.8. The number of piperazine rings is 1. The van der Waals surface area contributed by atoms with E-state index in [4.69, 9.17) is 4.98 Å². The zero-order chi connectivity index (χ0) is 20.8. The van der Waals surface area contributed by atoms with E-state index in [1.54, 1.807) is 0 Å². The molecule has 3 aromatic rings. The van der Waals surface area contributed by atoms with Crippen molar-refractivity contribution in [1.82, 2.24) is 14.9 Å². The molecule has 0 saturated carbocycles. The Balaban J connectivity index is 1.35. The molecule has 0 radical (unpaired) electrons. The molecule has 1 N–H and O–H groups in total. The number of nitrogens with one attached hydrogen (secondary N) is 1. The molecule has 1 aliphatic heterocycles. The highest BCUT2D eigenvalue weighted by Crippen LogP contribution is 2.20. The lowest BCUT2D eigenvalue weighted by molar-refractivity contribution is 0.283. The molecule has 1 saturated heterocycles. The van der Waals surface area contributed by atoms with E-state index >= 15 is 0 Å². The van der Waals surface area contributed by atoms with E-state index in [1.807, 2.05) is 19.1 Å². The number of aromatic nitrogens is 2. The van der Waals surface area contributed by atoms with Gasteiger partial charge in [-0.2, -0.15) is 4.98 Å². The van der Waals surface area contributed by atoms with Gasteiger partial charge in [0.15, 0.2) is 0 Å². The summed E-state index contributed by atoms with van der Waals surface area (Å²) in [5.41, 5.74) is 4.50. The molecule has 2 aromatic carbocycles. The van der Waals surface area contributed by atoms with Gasteiger partial charge in [-0.25, -0.2) is 4.98 Å². The highest BCUT2D eigenvalue weighted by molar-refractivity contribution is 5.58. The number of rotatable bonds is 6. The molecule has 1 fully saturated rings. The highest BCUT2D eigenvalue weighted by Gasteiger charge is 2.19. The van der Waals surface area contributed by atoms with Crippen molar-refractivity contribution in [2.45, 2.75) is 13.8 Å². The van der Waals surface area contributed by atoms with Crippen LogP contribution in [-0.4, -0.2) is 47.6 Å². The van der Waals surface area contributed by atoms with Crippen LogP contribution >= 0.6 is 0 Å². The molecule has 154 valence electrons. The maximum absolute atomic E-state index is 4.78. The Bertz CT molecular complexity index is 991. The summed E-state index contributed by atoms with van der Waals surface area (Å²) >= 11 is 0. The van der Waals surface area contributed by atoms with Crippen LogP contribution in [0, 0.1) is 13.8 Å². The van der Waals surface area contributed by atoms with Crippen molar-refractivity contribution in [2.24, 2.45) is 0 Å². The smallest absolute Gasteiger partial charge is 0.227 e. The van der Waals surface area contributed by atoms with Crippen molar-refractivity contribution in [3.63, 3.8) is 0 Å². The Labute approximate surface area is 179 Å². The van der Waals surface area contributed by atoms with Crippen LogP contribution in [0.25, 0.3) is 6.08 Å². The number of benzene rings is 2. The van der Waals surface area contributed by atoms with Gasteiger partial charge < -0.3 is 10.2 Å². The summed E-state index contributed by atoms with van der Waals surface area (Å²) in [6.45, 7) is 8.98. The number of aryl methyl sites for hydroxylation is 2. The molecule has 5 heteroatoms. The lowest BCUT2D eigenvalue weighted by Gasteiger charge is -2.34. The van der Waals surface area contributed by atoms with Gasteiger partial charge in [0.2, 0.25) is 5.95 Å². The molecule has 2 heterocycles. The second-order valence-corrected chi connectivity index (χ2v) is 7.79. The summed E-state index contributed by atoms with van der Waals surface area (Å²) in [5, 5.41) is 3.42. The van der Waals surface area contributed by atoms with Crippen molar-refractivity contribution in [3.8, 4) is 0 Å². The predicted octanol–water partition coefficient (Wildman–Crippen LogP) is 4.67. The minimum absolute atomic E-state index is 0.810. The van der Waals surface area contributed by atoms with E-state index in [0.29, 0.717) is 0 Å². The van der Waals surface area contributed by atoms with Gasteiger partial charge in [0.25, 0.3) is 0 Å². The number of hydrogen-bond donors (Lipinski definition) is 1. The highest BCUT2D eigenvalue weighted by atomic mass is 15.3. The lowest BCUT2D eigenvalue weighted by Crippen LogP contribution is -2.47. The van der Waals surface area contributed by atoms with E-state index in [9.17, 15) is 0 Å². The summed E-state index contributed by atoms with van der Waals surface area (Å²) < 4.78 is 0. The number of nitrogens with zero attached hydrogens (tertiary/aromatic N) is 4. The average Bonchev–Trinajstić information content (AvgIpc) is 2.75. The molecule has 5 nitrogen and oxygen atoms in total. The molecule has 0 atom stereocenters. The monoisotopic (exact) mass is 399 g/mol. The third kappa shape index (κ3) is 5.45. The van der Waals surface area contributed by atoms with E-state index in [0.717, 1.165) is 55.9 Å². The van der Waals surface area contributed by atoms with Crippen LogP contribution in [0.5, 0.6) is 0 Å². The van der Waals surface area contributed by atoms with Crippen molar-refractivity contribution in [2.75, 3.05) is 42.9 Å². The quantitative estimate of drug-likeness (QED) is 0.652. The summed E-state index contributed by atoms with van der Waals surface area (Å²) in [6.07, 6.45) is 4.44. The van der Waals surface area contributed by atoms with Gasteiger partial charge in [-0.05, 0) is 37.1 Å². The maximum Gasteiger partial charge on any atom is 0.227 e. The summed E-state index contributed by atoms with van der Waals surface area (Å²) in [7, 11) is 0. The molecule has 0 aliphatic carbocycles. The summed E-state index contributed by atoms with van der Waals surface area (Å²) in [6, 6.07) is 20.8. The molecule has 30 heavy (non-hydrogen) atoms. The Morgan fingerprint density at radius 1 is 0.900 bits per heavy atom. The van der Waals surface area contributed by atoms with Crippen molar-refractivity contribution < 1.29 is 0 Å². The van der Waals surface area contributed by atoms with Gasteiger partial charge in [0.1, 0.15) is 5.82 Å². The molecule has 0 spiro atoms. The minimum Gasteiger partial charge on any atom is -0.340 e. The SMILES string of the molecule is Cc1cccc(Nc2cc(C)nc(N3CCN(C/C=C/c4ccccc4)CC3)n2)c1. The van der Waals surface area contributed by atoms with Gasteiger partial charge in [-0.3, -0.25) is 4.90 Å². The number of anilines is 3. The van der Waals surface area contributed by atoms with Crippen molar-refractivity contribution >= 4 is 23.5 Å². The molecule has 4 rings (SSSR count). The van der Waals surface area contributed by atoms with Crippen LogP contribution < -0.4 is 10.2 Å². The van der Waals surface area contributed by atoms with E-state index in [2.05, 4.69) is 87.7 Å². The largest absolute Gasteiger partial charge is 0.340 e. The fourth-order valence-corrected chi connectivity index (χ4v) is 3.66. The van der Waals surface area contributed by atoms with Crippen LogP contribution in [0.4, 0.5) is 17.5 Å². The fourth-order valence-electron chi connectivity index (χ4n) is 3.66. The third-order valence-corrected chi connectivity index (χ3v) is 5.26. The van der Waals surface area contributed by atoms with Crippen LogP contribution in [-0.2, 0) is 0 Å². The predicted molar refractivity (Wildman–Crippen MR) is 125 cm³/mol. The first-order chi connectivity index (χ1) is 14.7. The van der Waals surface area contributed by atoms with Crippen LogP contribution in [0.2, 0.25) is 0 Å². The first-order valence-corrected chi connectivity index (χ1v) is 10.5. The van der Waals surface area contributed by atoms with E-state index < -0.39 is 0 Å². The van der Waals surface area contributed by atoms with Gasteiger partial charge in [-0.15, -0.1) is 0 Å². The molecule has 1 aromatic heterocycles. The lowest BCUT2D eigenvalue weighted by atomic mass is 10.2. The number of hydrogen-bond acceptors (Lipinski definition) is 5. The van der Waals surface area contributed by atoms with E-state index in [1.165, 1.54) is 11.1 Å². The Kier molecular flexibility index (Phi) is 6.40. The van der Waals surface area contributed by atoms with E-state index in [-0.39, 0.29) is 0 Å². The van der Waals surface area contributed by atoms with Crippen LogP contribution in [0.3, 0.4) is 0 Å². The standard InChI is InChI=1S/C25H29N5/c1-20-8-6-12-23(18-20)27-24-19-21(2)26-25(28-24)30-16-14-29(15-17-30)13-7-11-22-9-4-3-5-10-22/h3-12,18-19H,13-17H2,1-2H3,(H,26,27,28)/b11-7+. The zero-order valence-electron chi connectivity index (χ0n) is 17.8. The van der Waals surface area contributed by atoms with Gasteiger partial charge in [-0.1, -0.05) is 54.6 Å². The molecular formula is C25H29N5. The van der Waals surface area contributed by atoms with Crippen LogP contribution in [0.15, 0.2) is 66.7 Å². The van der Waals surface area contributed by atoms with Gasteiger partial charge >= 0.3 is 0 Å². The normalized spacial score (nSPS) is 14.9. The average molecular weight is 400 g/mol. The first kappa shape index (κ1) is 20.1. The summed E-state index contributed by atoms with van der Waals surface area (Å²) in [4.78, 5) is 14.2. The fraction of sp³-hybridized carbons (Fsp3) is 0.280. The minimum atomic E-state index is 0.810. The van der Waals surface area contributed by atoms with Crippen LogP contribution in [0.1, 0.15) is 16.8 Å². The second-order valence-electron chi connectivity index (χ2n) is 7.79. The second kappa shape index (κ2) is 9.55. The Morgan fingerprint density at radius 3 is 2.47 bits per heavy atom. The molecular weight excluding hydrogens is 370 g/mol. The molecule has 0 amide bonds. The molecule has 1 aliphatic rings. The molecule has 0 bridgehead atoms. The van der Waals surface area contributed by atoms with Crippen molar-refractivity contribution in [1.29, 1.82) is 0 Å². The van der Waals surface area contributed by atoms with Gasteiger partial charge in [0, 0.05) is 50.2 Å². The molecule has 0 unspecified atom stereocenters.